The van der Waals surface area contributed by atoms with Gasteiger partial charge in [0.05, 0.1) is 13.2 Å². The summed E-state index contributed by atoms with van der Waals surface area (Å²) in [5.74, 6) is -0.621. The van der Waals surface area contributed by atoms with E-state index in [-0.39, 0.29) is 29.3 Å². The second kappa shape index (κ2) is 9.71. The van der Waals surface area contributed by atoms with Gasteiger partial charge in [-0.2, -0.15) is 0 Å². The summed E-state index contributed by atoms with van der Waals surface area (Å²) in [6.45, 7) is 4.43. The molecule has 3 amide bonds. The van der Waals surface area contributed by atoms with Gasteiger partial charge in [0.1, 0.15) is 11.4 Å². The van der Waals surface area contributed by atoms with Gasteiger partial charge < -0.3 is 24.6 Å². The molecule has 2 rings (SSSR count). The van der Waals surface area contributed by atoms with E-state index in [9.17, 15) is 14.4 Å². The number of carbonyl (C=O) groups excluding carboxylic acids is 3. The summed E-state index contributed by atoms with van der Waals surface area (Å²) < 4.78 is 9.84. The van der Waals surface area contributed by atoms with Gasteiger partial charge in [0.15, 0.2) is 0 Å². The number of amides is 3. The van der Waals surface area contributed by atoms with Gasteiger partial charge >= 0.3 is 6.09 Å². The third kappa shape index (κ3) is 5.16. The average Bonchev–Trinajstić information content (AvgIpc) is 2.68. The van der Waals surface area contributed by atoms with Gasteiger partial charge in [0.2, 0.25) is 0 Å². The highest BCUT2D eigenvalue weighted by Gasteiger charge is 2.26. The van der Waals surface area contributed by atoms with E-state index >= 15 is 0 Å². The van der Waals surface area contributed by atoms with Crippen LogP contribution >= 0.6 is 0 Å². The van der Waals surface area contributed by atoms with Crippen LogP contribution in [-0.4, -0.2) is 85.7 Å². The molecule has 1 aliphatic heterocycles. The smallest absolute Gasteiger partial charge is 0.409 e. The van der Waals surface area contributed by atoms with Crippen LogP contribution in [-0.2, 0) is 9.47 Å². The standard InChI is InChI=1S/C17H24N4O5/c1-3-26-17(24)21-10-8-20(9-11-21)16(23)14-6-4-5-13(19-14)15(22)18-7-12-25-2/h4-6H,3,7-12H2,1-2H3,(H,18,22). The number of nitrogens with one attached hydrogen (secondary N) is 1. The minimum Gasteiger partial charge on any atom is -0.450 e. The van der Waals surface area contributed by atoms with Gasteiger partial charge in [-0.05, 0) is 19.1 Å². The van der Waals surface area contributed by atoms with Crippen LogP contribution in [0.4, 0.5) is 4.79 Å². The lowest BCUT2D eigenvalue weighted by Crippen LogP contribution is -2.50. The predicted molar refractivity (Wildman–Crippen MR) is 92.9 cm³/mol. The van der Waals surface area contributed by atoms with Gasteiger partial charge in [-0.1, -0.05) is 6.07 Å². The number of hydrogen-bond donors (Lipinski definition) is 1. The van der Waals surface area contributed by atoms with Crippen LogP contribution < -0.4 is 5.32 Å². The van der Waals surface area contributed by atoms with Crippen LogP contribution in [0, 0.1) is 0 Å². The fraction of sp³-hybridized carbons (Fsp3) is 0.529. The van der Waals surface area contributed by atoms with Gasteiger partial charge in [0.25, 0.3) is 11.8 Å². The molecule has 1 N–H and O–H groups in total. The van der Waals surface area contributed by atoms with Crippen molar-refractivity contribution in [3.05, 3.63) is 29.6 Å². The van der Waals surface area contributed by atoms with E-state index in [0.29, 0.717) is 45.9 Å². The highest BCUT2D eigenvalue weighted by molar-refractivity contribution is 5.96. The Hall–Kier alpha value is -2.68. The van der Waals surface area contributed by atoms with Gasteiger partial charge in [0, 0.05) is 39.8 Å². The second-order valence-corrected chi connectivity index (χ2v) is 5.63. The number of hydrogen-bond acceptors (Lipinski definition) is 6. The largest absolute Gasteiger partial charge is 0.450 e. The van der Waals surface area contributed by atoms with E-state index < -0.39 is 0 Å². The number of piperazine rings is 1. The van der Waals surface area contributed by atoms with E-state index in [1.807, 2.05) is 0 Å². The molecule has 1 aromatic rings. The molecule has 1 aliphatic rings. The molecule has 26 heavy (non-hydrogen) atoms. The number of pyridine rings is 1. The molecule has 0 aliphatic carbocycles. The van der Waals surface area contributed by atoms with E-state index in [1.165, 1.54) is 0 Å². The number of rotatable bonds is 6. The molecule has 9 nitrogen and oxygen atoms in total. The molecule has 0 unspecified atom stereocenters. The van der Waals surface area contributed by atoms with E-state index in [1.54, 1.807) is 42.0 Å². The topological polar surface area (TPSA) is 101 Å². The van der Waals surface area contributed by atoms with Crippen molar-refractivity contribution in [3.8, 4) is 0 Å². The van der Waals surface area contributed by atoms with Crippen molar-refractivity contribution in [1.82, 2.24) is 20.1 Å². The van der Waals surface area contributed by atoms with Crippen LogP contribution in [0.3, 0.4) is 0 Å². The first kappa shape index (κ1) is 19.6. The molecule has 142 valence electrons. The maximum Gasteiger partial charge on any atom is 0.409 e. The summed E-state index contributed by atoms with van der Waals surface area (Å²) in [6.07, 6.45) is -0.368. The van der Waals surface area contributed by atoms with Crippen molar-refractivity contribution >= 4 is 17.9 Å². The Labute approximate surface area is 152 Å². The third-order valence-electron chi connectivity index (χ3n) is 3.89. The van der Waals surface area contributed by atoms with Crippen LogP contribution in [0.25, 0.3) is 0 Å². The second-order valence-electron chi connectivity index (χ2n) is 5.63. The summed E-state index contributed by atoms with van der Waals surface area (Å²) in [6, 6.07) is 4.75. The van der Waals surface area contributed by atoms with Gasteiger partial charge in [-0.3, -0.25) is 9.59 Å². The maximum absolute atomic E-state index is 12.6. The average molecular weight is 364 g/mol. The molecule has 0 radical (unpaired) electrons. The van der Waals surface area contributed by atoms with Crippen molar-refractivity contribution in [2.45, 2.75) is 6.92 Å². The minimum atomic E-state index is -0.368. The first-order valence-electron chi connectivity index (χ1n) is 8.52. The molecule has 1 saturated heterocycles. The first-order chi connectivity index (χ1) is 12.6. The molecule has 2 heterocycles. The molecular formula is C17H24N4O5. The van der Waals surface area contributed by atoms with Crippen molar-refractivity contribution in [2.24, 2.45) is 0 Å². The Morgan fingerprint density at radius 3 is 2.42 bits per heavy atom. The minimum absolute atomic E-state index is 0.178. The summed E-state index contributed by atoms with van der Waals surface area (Å²) in [5, 5.41) is 2.67. The van der Waals surface area contributed by atoms with Crippen LogP contribution in [0.2, 0.25) is 0 Å². The highest BCUT2D eigenvalue weighted by Crippen LogP contribution is 2.09. The number of ether oxygens (including phenoxy) is 2. The molecule has 0 spiro atoms. The molecule has 1 aromatic heterocycles. The Bertz CT molecular complexity index is 644. The Morgan fingerprint density at radius 1 is 1.12 bits per heavy atom. The van der Waals surface area contributed by atoms with E-state index in [2.05, 4.69) is 10.3 Å². The first-order valence-corrected chi connectivity index (χ1v) is 8.52. The Morgan fingerprint density at radius 2 is 1.77 bits per heavy atom. The molecule has 0 atom stereocenters. The van der Waals surface area contributed by atoms with Crippen LogP contribution in [0.1, 0.15) is 27.9 Å². The predicted octanol–water partition coefficient (Wildman–Crippen LogP) is 0.372. The Balaban J connectivity index is 1.95. The van der Waals surface area contributed by atoms with Crippen molar-refractivity contribution in [2.75, 3.05) is 53.0 Å². The lowest BCUT2D eigenvalue weighted by molar-refractivity contribution is 0.0565. The lowest BCUT2D eigenvalue weighted by Gasteiger charge is -2.33. The lowest BCUT2D eigenvalue weighted by atomic mass is 10.2. The van der Waals surface area contributed by atoms with Crippen LogP contribution in [0.5, 0.6) is 0 Å². The SMILES string of the molecule is CCOC(=O)N1CCN(C(=O)c2cccc(C(=O)NCCOC)n2)CC1. The van der Waals surface area contributed by atoms with E-state index in [0.717, 1.165) is 0 Å². The zero-order valence-electron chi connectivity index (χ0n) is 15.1. The van der Waals surface area contributed by atoms with Crippen molar-refractivity contribution in [1.29, 1.82) is 0 Å². The van der Waals surface area contributed by atoms with Gasteiger partial charge in [-0.15, -0.1) is 0 Å². The monoisotopic (exact) mass is 364 g/mol. The number of carbonyl (C=O) groups is 3. The molecule has 0 aromatic carbocycles. The third-order valence-corrected chi connectivity index (χ3v) is 3.89. The zero-order valence-corrected chi connectivity index (χ0v) is 15.1. The van der Waals surface area contributed by atoms with Crippen molar-refractivity contribution < 1.29 is 23.9 Å². The van der Waals surface area contributed by atoms with Gasteiger partial charge in [-0.25, -0.2) is 9.78 Å². The zero-order chi connectivity index (χ0) is 18.9. The fourth-order valence-electron chi connectivity index (χ4n) is 2.51. The highest BCUT2D eigenvalue weighted by atomic mass is 16.6. The quantitative estimate of drug-likeness (QED) is 0.732. The summed E-state index contributed by atoms with van der Waals surface area (Å²) in [4.78, 5) is 43.7. The number of nitrogens with zero attached hydrogens (tertiary/aromatic N) is 3. The summed E-state index contributed by atoms with van der Waals surface area (Å²) >= 11 is 0. The fourth-order valence-corrected chi connectivity index (χ4v) is 2.51. The van der Waals surface area contributed by atoms with Crippen molar-refractivity contribution in [3.63, 3.8) is 0 Å². The summed E-state index contributed by atoms with van der Waals surface area (Å²) in [5.41, 5.74) is 0.381. The molecule has 9 heteroatoms. The molecule has 0 saturated carbocycles. The maximum atomic E-state index is 12.6. The van der Waals surface area contributed by atoms with E-state index in [4.69, 9.17) is 9.47 Å². The summed E-state index contributed by atoms with van der Waals surface area (Å²) in [7, 11) is 1.55. The molecule has 0 bridgehead atoms. The molecule has 1 fully saturated rings. The van der Waals surface area contributed by atoms with Crippen LogP contribution in [0.15, 0.2) is 18.2 Å². The normalized spacial score (nSPS) is 14.1. The number of methoxy groups -OCH3 is 1. The number of aromatic nitrogens is 1. The Kier molecular flexibility index (Phi) is 7.34. The molecular weight excluding hydrogens is 340 g/mol.